The van der Waals surface area contributed by atoms with Crippen LogP contribution in [-0.2, 0) is 0 Å². The van der Waals surface area contributed by atoms with Crippen molar-refractivity contribution in [2.24, 2.45) is 0 Å². The molecule has 16 heteroatoms. The van der Waals surface area contributed by atoms with Crippen LogP contribution in [0, 0.1) is 0 Å². The van der Waals surface area contributed by atoms with E-state index in [-0.39, 0.29) is 0 Å². The molecule has 25 heavy (non-hydrogen) atoms. The Bertz CT molecular complexity index is 486. The first-order valence-corrected chi connectivity index (χ1v) is 5.02. The van der Waals surface area contributed by atoms with E-state index in [1.165, 1.54) is 0 Å². The Balaban J connectivity index is 7.49. The highest BCUT2D eigenvalue weighted by atomic mass is 19.4. The third kappa shape index (κ3) is 3.67. The molecular formula is C9F16. The quantitative estimate of drug-likeness (QED) is 0.388. The normalized spacial score (nSPS) is 15.0. The summed E-state index contributed by atoms with van der Waals surface area (Å²) in [5.41, 5.74) is -21.7. The fourth-order valence-electron chi connectivity index (χ4n) is 1.39. The second-order valence-corrected chi connectivity index (χ2v) is 4.07. The van der Waals surface area contributed by atoms with E-state index in [9.17, 15) is 70.2 Å². The van der Waals surface area contributed by atoms with Crippen LogP contribution in [0.5, 0.6) is 0 Å². The van der Waals surface area contributed by atoms with E-state index in [0.717, 1.165) is 0 Å². The van der Waals surface area contributed by atoms with Gasteiger partial charge in [-0.1, -0.05) is 0 Å². The Hall–Kier alpha value is -1.60. The van der Waals surface area contributed by atoms with E-state index in [4.69, 9.17) is 0 Å². The van der Waals surface area contributed by atoms with Crippen molar-refractivity contribution in [3.05, 3.63) is 17.4 Å². The van der Waals surface area contributed by atoms with Gasteiger partial charge in [-0.15, -0.1) is 0 Å². The average molecular weight is 412 g/mol. The molecule has 0 heterocycles. The van der Waals surface area contributed by atoms with Crippen LogP contribution < -0.4 is 0 Å². The van der Waals surface area contributed by atoms with E-state index >= 15 is 0 Å². The molecule has 0 aromatic heterocycles. The molecule has 148 valence electrons. The molecule has 0 radical (unpaired) electrons. The average Bonchev–Trinajstić information content (AvgIpc) is 2.27. The second-order valence-electron chi connectivity index (χ2n) is 4.07. The first kappa shape index (κ1) is 23.4. The Morgan fingerprint density at radius 2 is 0.640 bits per heavy atom. The summed E-state index contributed by atoms with van der Waals surface area (Å²) in [6, 6.07) is 0. The molecule has 0 aromatic rings. The maximum Gasteiger partial charge on any atom is 0.436 e. The number of halogens is 16. The van der Waals surface area contributed by atoms with Gasteiger partial charge in [0.15, 0.2) is 0 Å². The summed E-state index contributed by atoms with van der Waals surface area (Å²) in [5, 5.41) is 0. The molecule has 0 saturated carbocycles. The lowest BCUT2D eigenvalue weighted by molar-refractivity contribution is -0.363. The van der Waals surface area contributed by atoms with Crippen molar-refractivity contribution in [3.63, 3.8) is 0 Å². The predicted octanol–water partition coefficient (Wildman–Crippen LogP) is 5.96. The lowest BCUT2D eigenvalue weighted by Gasteiger charge is -2.38. The molecule has 0 aliphatic carbocycles. The number of allylic oxidation sites excluding steroid dienone is 1. The van der Waals surface area contributed by atoms with Gasteiger partial charge >= 0.3 is 42.1 Å². The molecule has 0 saturated heterocycles. The van der Waals surface area contributed by atoms with Crippen LogP contribution in [-0.4, -0.2) is 36.0 Å². The third-order valence-electron chi connectivity index (χ3n) is 2.47. The van der Waals surface area contributed by atoms with Gasteiger partial charge in [-0.3, -0.25) is 0 Å². The van der Waals surface area contributed by atoms with Crippen molar-refractivity contribution in [2.75, 3.05) is 0 Å². The van der Waals surface area contributed by atoms with Gasteiger partial charge in [0, 0.05) is 0 Å². The summed E-state index contributed by atoms with van der Waals surface area (Å²) >= 11 is 0. The second kappa shape index (κ2) is 5.99. The standard InChI is InChI=1S/C9F16/c10-3(11)1-2(4(12,6(14,15)16)7(17,18)19)5(13,8(20,21)22)9(23,24)25. The van der Waals surface area contributed by atoms with E-state index in [2.05, 4.69) is 0 Å². The molecule has 0 atom stereocenters. The number of hydrogen-bond donors (Lipinski definition) is 0. The molecule has 0 bridgehead atoms. The van der Waals surface area contributed by atoms with Crippen LogP contribution in [0.25, 0.3) is 0 Å². The van der Waals surface area contributed by atoms with Gasteiger partial charge in [0.25, 0.3) is 0 Å². The predicted molar refractivity (Wildman–Crippen MR) is 44.7 cm³/mol. The summed E-state index contributed by atoms with van der Waals surface area (Å²) in [4.78, 5) is 0. The van der Waals surface area contributed by atoms with Gasteiger partial charge in [-0.2, -0.15) is 61.5 Å². The highest BCUT2D eigenvalue weighted by molar-refractivity contribution is 5.36. The van der Waals surface area contributed by atoms with Gasteiger partial charge in [-0.25, -0.2) is 8.78 Å². The molecule has 0 rings (SSSR count). The minimum atomic E-state index is -7.79. The first-order chi connectivity index (χ1) is 10.5. The lowest BCUT2D eigenvalue weighted by atomic mass is 9.81. The van der Waals surface area contributed by atoms with Gasteiger partial charge < -0.3 is 0 Å². The maximum absolute atomic E-state index is 13.5. The summed E-state index contributed by atoms with van der Waals surface area (Å²) in [6.45, 7) is 0. The zero-order chi connectivity index (χ0) is 20.9. The first-order valence-electron chi connectivity index (χ1n) is 5.02. The SMILES string of the molecule is FC(F)=C=C(C(F)(C(F)(F)F)C(F)(F)F)C(F)(C(F)(F)F)C(F)(F)F. The van der Waals surface area contributed by atoms with Crippen LogP contribution in [0.3, 0.4) is 0 Å². The zero-order valence-electron chi connectivity index (χ0n) is 10.5. The van der Waals surface area contributed by atoms with Gasteiger partial charge in [-0.05, 0) is 5.73 Å². The van der Waals surface area contributed by atoms with Gasteiger partial charge in [0.1, 0.15) is 0 Å². The Labute approximate surface area is 125 Å². The molecule has 0 amide bonds. The molecule has 0 fully saturated rings. The smallest absolute Gasteiger partial charge is 0.218 e. The van der Waals surface area contributed by atoms with Crippen LogP contribution in [0.1, 0.15) is 0 Å². The Morgan fingerprint density at radius 1 is 0.440 bits per heavy atom. The highest BCUT2D eigenvalue weighted by Gasteiger charge is 2.86. The number of rotatable bonds is 2. The van der Waals surface area contributed by atoms with E-state index in [0.29, 0.717) is 0 Å². The van der Waals surface area contributed by atoms with Crippen molar-refractivity contribution in [2.45, 2.75) is 36.0 Å². The molecule has 0 unspecified atom stereocenters. The van der Waals surface area contributed by atoms with E-state index in [1.807, 2.05) is 0 Å². The molecule has 0 nitrogen and oxygen atoms in total. The molecule has 0 aliphatic heterocycles. The molecule has 0 N–H and O–H groups in total. The third-order valence-corrected chi connectivity index (χ3v) is 2.47. The van der Waals surface area contributed by atoms with E-state index < -0.39 is 53.4 Å². The largest absolute Gasteiger partial charge is 0.436 e. The molecular weight excluding hydrogens is 412 g/mol. The number of alkyl halides is 14. The minimum Gasteiger partial charge on any atom is -0.218 e. The molecule has 0 spiro atoms. The Kier molecular flexibility index (Phi) is 5.60. The van der Waals surface area contributed by atoms with Crippen molar-refractivity contribution in [1.29, 1.82) is 0 Å². The topological polar surface area (TPSA) is 0 Å². The fourth-order valence-corrected chi connectivity index (χ4v) is 1.39. The summed E-state index contributed by atoms with van der Waals surface area (Å²) in [5.74, 6) is 0. The van der Waals surface area contributed by atoms with Crippen LogP contribution in [0.4, 0.5) is 70.2 Å². The zero-order valence-corrected chi connectivity index (χ0v) is 10.5. The van der Waals surface area contributed by atoms with Crippen LogP contribution in [0.2, 0.25) is 0 Å². The van der Waals surface area contributed by atoms with Crippen molar-refractivity contribution < 1.29 is 70.2 Å². The molecule has 0 aliphatic rings. The molecule has 0 aromatic carbocycles. The van der Waals surface area contributed by atoms with Crippen LogP contribution in [0.15, 0.2) is 17.4 Å². The van der Waals surface area contributed by atoms with Gasteiger partial charge in [0.05, 0.1) is 5.57 Å². The Morgan fingerprint density at radius 3 is 0.760 bits per heavy atom. The number of hydrogen-bond acceptors (Lipinski definition) is 0. The minimum absolute atomic E-state index is 1.04. The monoisotopic (exact) mass is 412 g/mol. The van der Waals surface area contributed by atoms with Crippen molar-refractivity contribution >= 4 is 0 Å². The fraction of sp³-hybridized carbons (Fsp3) is 0.667. The summed E-state index contributed by atoms with van der Waals surface area (Å²) in [6.07, 6.45) is -35.2. The maximum atomic E-state index is 13.5. The van der Waals surface area contributed by atoms with E-state index in [1.54, 1.807) is 0 Å². The van der Waals surface area contributed by atoms with Crippen molar-refractivity contribution in [1.82, 2.24) is 0 Å². The summed E-state index contributed by atoms with van der Waals surface area (Å²) < 4.78 is 198. The highest BCUT2D eigenvalue weighted by Crippen LogP contribution is 2.60. The van der Waals surface area contributed by atoms with Crippen LogP contribution >= 0.6 is 0 Å². The lowest BCUT2D eigenvalue weighted by Crippen LogP contribution is -2.65. The van der Waals surface area contributed by atoms with Crippen molar-refractivity contribution in [3.8, 4) is 0 Å². The van der Waals surface area contributed by atoms with Gasteiger partial charge in [0.2, 0.25) is 0 Å². The summed E-state index contributed by atoms with van der Waals surface area (Å²) in [7, 11) is 0.